The van der Waals surface area contributed by atoms with Crippen LogP contribution in [-0.4, -0.2) is 32.7 Å². The molecule has 1 heterocycles. The molecule has 0 bridgehead atoms. The number of hydrogen-bond donors (Lipinski definition) is 2. The average molecular weight is 255 g/mol. The van der Waals surface area contributed by atoms with Crippen LogP contribution in [0.15, 0.2) is 12.4 Å². The van der Waals surface area contributed by atoms with Crippen LogP contribution in [0.3, 0.4) is 0 Å². The molecule has 0 unspecified atom stereocenters. The number of aromatic nitrogens is 2. The van der Waals surface area contributed by atoms with Crippen LogP contribution in [0.4, 0.5) is 5.69 Å². The van der Waals surface area contributed by atoms with Gasteiger partial charge in [0.15, 0.2) is 0 Å². The first kappa shape index (κ1) is 15.0. The van der Waals surface area contributed by atoms with E-state index >= 15 is 0 Å². The number of nitrogens with two attached hydrogens (primary N) is 1. The number of aliphatic hydroxyl groups is 1. The summed E-state index contributed by atoms with van der Waals surface area (Å²) < 4.78 is 7.61. The zero-order chi connectivity index (χ0) is 13.8. The first-order valence-electron chi connectivity index (χ1n) is 6.32. The second-order valence-corrected chi connectivity index (χ2v) is 6.00. The third-order valence-electron chi connectivity index (χ3n) is 2.62. The second-order valence-electron chi connectivity index (χ2n) is 6.00. The lowest BCUT2D eigenvalue weighted by Crippen LogP contribution is -2.31. The summed E-state index contributed by atoms with van der Waals surface area (Å²) in [6, 6.07) is 0. The van der Waals surface area contributed by atoms with Crippen LogP contribution in [0.5, 0.6) is 0 Å². The summed E-state index contributed by atoms with van der Waals surface area (Å²) in [7, 11) is 0. The summed E-state index contributed by atoms with van der Waals surface area (Å²) in [6.45, 7) is 8.96. The highest BCUT2D eigenvalue weighted by atomic mass is 16.5. The Bertz CT molecular complexity index is 367. The lowest BCUT2D eigenvalue weighted by Gasteiger charge is -2.26. The second kappa shape index (κ2) is 5.71. The molecule has 1 aromatic rings. The SMILES string of the molecule is CC(C)(O)CCCOC(C)(C)Cn1cc(N)cn1. The molecule has 3 N–H and O–H groups in total. The predicted octanol–water partition coefficient (Wildman–Crippen LogP) is 1.81. The fourth-order valence-electron chi connectivity index (χ4n) is 1.76. The minimum atomic E-state index is -0.621. The van der Waals surface area contributed by atoms with Crippen LogP contribution in [0.25, 0.3) is 0 Å². The summed E-state index contributed by atoms with van der Waals surface area (Å²) in [5.74, 6) is 0. The van der Waals surface area contributed by atoms with Crippen molar-refractivity contribution < 1.29 is 9.84 Å². The van der Waals surface area contributed by atoms with Gasteiger partial charge in [-0.2, -0.15) is 5.10 Å². The molecule has 0 aliphatic heterocycles. The van der Waals surface area contributed by atoms with Gasteiger partial charge in [-0.1, -0.05) is 0 Å². The van der Waals surface area contributed by atoms with Gasteiger partial charge in [0, 0.05) is 12.8 Å². The van der Waals surface area contributed by atoms with Gasteiger partial charge in [0.2, 0.25) is 0 Å². The maximum absolute atomic E-state index is 9.60. The van der Waals surface area contributed by atoms with Gasteiger partial charge >= 0.3 is 0 Å². The quantitative estimate of drug-likeness (QED) is 0.729. The van der Waals surface area contributed by atoms with Crippen molar-refractivity contribution in [1.82, 2.24) is 9.78 Å². The molecule has 0 aliphatic rings. The van der Waals surface area contributed by atoms with E-state index in [9.17, 15) is 5.11 Å². The highest BCUT2D eigenvalue weighted by Gasteiger charge is 2.20. The Morgan fingerprint density at radius 1 is 1.39 bits per heavy atom. The van der Waals surface area contributed by atoms with Crippen molar-refractivity contribution >= 4 is 5.69 Å². The number of nitrogen functional groups attached to an aromatic ring is 1. The Kier molecular flexibility index (Phi) is 4.76. The number of ether oxygens (including phenoxy) is 1. The monoisotopic (exact) mass is 255 g/mol. The molecule has 0 amide bonds. The van der Waals surface area contributed by atoms with Crippen LogP contribution < -0.4 is 5.73 Å². The van der Waals surface area contributed by atoms with Crippen molar-refractivity contribution in [3.63, 3.8) is 0 Å². The maximum atomic E-state index is 9.60. The Morgan fingerprint density at radius 2 is 2.06 bits per heavy atom. The Morgan fingerprint density at radius 3 is 2.56 bits per heavy atom. The van der Waals surface area contributed by atoms with Gasteiger partial charge in [0.25, 0.3) is 0 Å². The highest BCUT2D eigenvalue weighted by Crippen LogP contribution is 2.16. The third-order valence-corrected chi connectivity index (χ3v) is 2.62. The van der Waals surface area contributed by atoms with Gasteiger partial charge in [-0.15, -0.1) is 0 Å². The maximum Gasteiger partial charge on any atom is 0.0821 e. The average Bonchev–Trinajstić information content (AvgIpc) is 2.56. The molecular formula is C13H25N3O2. The molecular weight excluding hydrogens is 230 g/mol. The normalized spacial score (nSPS) is 12.9. The van der Waals surface area contributed by atoms with Crippen LogP contribution in [-0.2, 0) is 11.3 Å². The van der Waals surface area contributed by atoms with Gasteiger partial charge < -0.3 is 15.6 Å². The summed E-state index contributed by atoms with van der Waals surface area (Å²) >= 11 is 0. The molecule has 1 aromatic heterocycles. The van der Waals surface area contributed by atoms with Crippen molar-refractivity contribution in [2.45, 2.75) is 58.3 Å². The Labute approximate surface area is 109 Å². The number of anilines is 1. The van der Waals surface area contributed by atoms with E-state index in [2.05, 4.69) is 5.10 Å². The lowest BCUT2D eigenvalue weighted by molar-refractivity contribution is -0.0401. The smallest absolute Gasteiger partial charge is 0.0821 e. The fourth-order valence-corrected chi connectivity index (χ4v) is 1.76. The molecule has 0 aliphatic carbocycles. The molecule has 0 fully saturated rings. The molecule has 5 heteroatoms. The Balaban J connectivity index is 2.31. The van der Waals surface area contributed by atoms with Crippen molar-refractivity contribution in [2.24, 2.45) is 0 Å². The first-order valence-corrected chi connectivity index (χ1v) is 6.32. The molecule has 0 radical (unpaired) electrons. The minimum Gasteiger partial charge on any atom is -0.396 e. The van der Waals surface area contributed by atoms with E-state index in [4.69, 9.17) is 10.5 Å². The summed E-state index contributed by atoms with van der Waals surface area (Å²) in [5, 5.41) is 13.7. The highest BCUT2D eigenvalue weighted by molar-refractivity contribution is 5.30. The van der Waals surface area contributed by atoms with E-state index in [0.29, 0.717) is 18.8 Å². The van der Waals surface area contributed by atoms with Crippen LogP contribution in [0.2, 0.25) is 0 Å². The lowest BCUT2D eigenvalue weighted by atomic mass is 10.0. The number of nitrogens with zero attached hydrogens (tertiary/aromatic N) is 2. The van der Waals surface area contributed by atoms with Crippen molar-refractivity contribution in [2.75, 3.05) is 12.3 Å². The van der Waals surface area contributed by atoms with Gasteiger partial charge in [-0.25, -0.2) is 0 Å². The van der Waals surface area contributed by atoms with E-state index in [-0.39, 0.29) is 5.60 Å². The molecule has 18 heavy (non-hydrogen) atoms. The van der Waals surface area contributed by atoms with Gasteiger partial charge in [-0.05, 0) is 40.5 Å². The van der Waals surface area contributed by atoms with E-state index in [1.165, 1.54) is 0 Å². The molecule has 5 nitrogen and oxygen atoms in total. The van der Waals surface area contributed by atoms with Crippen LogP contribution in [0.1, 0.15) is 40.5 Å². The van der Waals surface area contributed by atoms with Crippen LogP contribution in [0, 0.1) is 0 Å². The van der Waals surface area contributed by atoms with E-state index in [1.807, 2.05) is 27.7 Å². The van der Waals surface area contributed by atoms with E-state index in [0.717, 1.165) is 12.8 Å². The number of rotatable bonds is 7. The molecule has 0 spiro atoms. The van der Waals surface area contributed by atoms with Crippen molar-refractivity contribution in [3.05, 3.63) is 12.4 Å². The molecule has 1 rings (SSSR count). The fraction of sp³-hybridized carbons (Fsp3) is 0.769. The molecule has 0 saturated heterocycles. The molecule has 0 saturated carbocycles. The van der Waals surface area contributed by atoms with Crippen molar-refractivity contribution in [1.29, 1.82) is 0 Å². The Hall–Kier alpha value is -1.07. The summed E-state index contributed by atoms with van der Waals surface area (Å²) in [6.07, 6.45) is 5.00. The zero-order valence-electron chi connectivity index (χ0n) is 11.8. The molecule has 0 atom stereocenters. The largest absolute Gasteiger partial charge is 0.396 e. The summed E-state index contributed by atoms with van der Waals surface area (Å²) in [5.41, 5.74) is 5.36. The molecule has 0 aromatic carbocycles. The first-order chi connectivity index (χ1) is 8.18. The number of hydrogen-bond acceptors (Lipinski definition) is 4. The van der Waals surface area contributed by atoms with Crippen LogP contribution >= 0.6 is 0 Å². The topological polar surface area (TPSA) is 73.3 Å². The third kappa shape index (κ3) is 6.02. The molecule has 104 valence electrons. The van der Waals surface area contributed by atoms with Gasteiger partial charge in [-0.3, -0.25) is 4.68 Å². The van der Waals surface area contributed by atoms with Gasteiger partial charge in [0.1, 0.15) is 0 Å². The standard InChI is InChI=1S/C13H25N3O2/c1-12(2,17)6-5-7-18-13(3,4)10-16-9-11(14)8-15-16/h8-9,17H,5-7,10,14H2,1-4H3. The predicted molar refractivity (Wildman–Crippen MR) is 72.2 cm³/mol. The zero-order valence-corrected chi connectivity index (χ0v) is 11.8. The van der Waals surface area contributed by atoms with Crippen molar-refractivity contribution in [3.8, 4) is 0 Å². The summed E-state index contributed by atoms with van der Waals surface area (Å²) in [4.78, 5) is 0. The minimum absolute atomic E-state index is 0.294. The van der Waals surface area contributed by atoms with Gasteiger partial charge in [0.05, 0.1) is 29.6 Å². The van der Waals surface area contributed by atoms with E-state index in [1.54, 1.807) is 17.1 Å². The van der Waals surface area contributed by atoms with E-state index < -0.39 is 5.60 Å².